The predicted octanol–water partition coefficient (Wildman–Crippen LogP) is 3.04. The Bertz CT molecular complexity index is 1250. The number of aromatic nitrogens is 1. The highest BCUT2D eigenvalue weighted by Gasteiger charge is 2.18. The van der Waals surface area contributed by atoms with Crippen molar-refractivity contribution < 1.29 is 23.8 Å². The number of rotatable bonds is 5. The van der Waals surface area contributed by atoms with E-state index in [2.05, 4.69) is 4.99 Å². The lowest BCUT2D eigenvalue weighted by Gasteiger charge is -2.18. The molecule has 1 aliphatic rings. The minimum absolute atomic E-state index is 0.145. The van der Waals surface area contributed by atoms with Crippen LogP contribution >= 0.6 is 11.3 Å². The molecule has 2 heterocycles. The smallest absolute Gasteiger partial charge is 0.307 e. The van der Waals surface area contributed by atoms with E-state index in [0.717, 1.165) is 10.2 Å². The molecule has 1 amide bonds. The fraction of sp³-hybridized carbons (Fsp3) is 0.273. The minimum Gasteiger partial charge on any atom is -0.486 e. The van der Waals surface area contributed by atoms with Gasteiger partial charge in [-0.3, -0.25) is 9.59 Å². The molecule has 0 fully saturated rings. The molecular weight excluding hydrogens is 418 g/mol. The molecule has 0 spiro atoms. The Morgan fingerprint density at radius 2 is 1.90 bits per heavy atom. The number of hydrogen-bond acceptors (Lipinski definition) is 7. The molecule has 31 heavy (non-hydrogen) atoms. The monoisotopic (exact) mass is 437 g/mol. The number of benzene rings is 2. The predicted molar refractivity (Wildman–Crippen MR) is 113 cm³/mol. The summed E-state index contributed by atoms with van der Waals surface area (Å²) in [4.78, 5) is 29.4. The number of nitriles is 1. The van der Waals surface area contributed by atoms with E-state index in [4.69, 9.17) is 19.5 Å². The Hall–Kier alpha value is -3.64. The maximum Gasteiger partial charge on any atom is 0.307 e. The van der Waals surface area contributed by atoms with Gasteiger partial charge < -0.3 is 18.8 Å². The van der Waals surface area contributed by atoms with Gasteiger partial charge in [0.2, 0.25) is 0 Å². The van der Waals surface area contributed by atoms with Crippen molar-refractivity contribution in [2.24, 2.45) is 4.99 Å². The molecule has 0 radical (unpaired) electrons. The van der Waals surface area contributed by atoms with Crippen LogP contribution in [0.15, 0.2) is 41.4 Å². The summed E-state index contributed by atoms with van der Waals surface area (Å²) in [7, 11) is 0. The summed E-state index contributed by atoms with van der Waals surface area (Å²) >= 11 is 1.33. The van der Waals surface area contributed by atoms with Crippen LogP contribution in [-0.4, -0.2) is 36.3 Å². The zero-order valence-corrected chi connectivity index (χ0v) is 17.6. The molecule has 158 valence electrons. The Morgan fingerprint density at radius 1 is 1.19 bits per heavy atom. The highest BCUT2D eigenvalue weighted by molar-refractivity contribution is 7.16. The lowest BCUT2D eigenvalue weighted by atomic mass is 10.1. The van der Waals surface area contributed by atoms with E-state index in [9.17, 15) is 9.59 Å². The van der Waals surface area contributed by atoms with Crippen molar-refractivity contribution in [1.82, 2.24) is 4.57 Å². The van der Waals surface area contributed by atoms with Crippen molar-refractivity contribution in [3.63, 3.8) is 0 Å². The van der Waals surface area contributed by atoms with E-state index in [1.165, 1.54) is 11.3 Å². The van der Waals surface area contributed by atoms with Crippen molar-refractivity contribution in [1.29, 1.82) is 5.26 Å². The number of nitrogens with zero attached hydrogens (tertiary/aromatic N) is 3. The SMILES string of the molecule is CCOC(=O)CCn1c(=NC(=O)c2ccc(C#N)cc2)sc2cc3c(cc21)OCCO3. The lowest BCUT2D eigenvalue weighted by Crippen LogP contribution is -2.20. The highest BCUT2D eigenvalue weighted by atomic mass is 32.1. The Morgan fingerprint density at radius 3 is 2.58 bits per heavy atom. The third-order valence-corrected chi connectivity index (χ3v) is 5.69. The molecule has 1 aromatic heterocycles. The molecule has 9 heteroatoms. The number of carbonyl (C=O) groups is 2. The third-order valence-electron chi connectivity index (χ3n) is 4.65. The molecule has 0 saturated heterocycles. The van der Waals surface area contributed by atoms with Crippen LogP contribution in [-0.2, 0) is 16.1 Å². The first-order valence-corrected chi connectivity index (χ1v) is 10.6. The topological polar surface area (TPSA) is 103 Å². The summed E-state index contributed by atoms with van der Waals surface area (Å²) in [5.74, 6) is 0.503. The van der Waals surface area contributed by atoms with E-state index >= 15 is 0 Å². The Labute approximate surface area is 181 Å². The van der Waals surface area contributed by atoms with E-state index < -0.39 is 5.91 Å². The normalized spacial score (nSPS) is 13.1. The molecule has 0 aliphatic carbocycles. The molecular formula is C22H19N3O5S. The first-order chi connectivity index (χ1) is 15.1. The maximum atomic E-state index is 12.7. The van der Waals surface area contributed by atoms with E-state index in [-0.39, 0.29) is 12.4 Å². The average Bonchev–Trinajstić information content (AvgIpc) is 3.11. The number of fused-ring (bicyclic) bond motifs is 2. The second kappa shape index (κ2) is 9.02. The Balaban J connectivity index is 1.77. The summed E-state index contributed by atoms with van der Waals surface area (Å²) in [5, 5.41) is 8.93. The van der Waals surface area contributed by atoms with Gasteiger partial charge >= 0.3 is 5.97 Å². The van der Waals surface area contributed by atoms with Gasteiger partial charge in [0.1, 0.15) is 13.2 Å². The maximum absolute atomic E-state index is 12.7. The molecule has 3 aromatic rings. The first-order valence-electron chi connectivity index (χ1n) is 9.77. The summed E-state index contributed by atoms with van der Waals surface area (Å²) in [5.41, 5.74) is 1.64. The van der Waals surface area contributed by atoms with Crippen molar-refractivity contribution >= 4 is 33.4 Å². The highest BCUT2D eigenvalue weighted by Crippen LogP contribution is 2.35. The van der Waals surface area contributed by atoms with Crippen LogP contribution in [0.25, 0.3) is 10.2 Å². The van der Waals surface area contributed by atoms with Crippen LogP contribution in [0.5, 0.6) is 11.5 Å². The molecule has 0 N–H and O–H groups in total. The zero-order valence-electron chi connectivity index (χ0n) is 16.8. The van der Waals surface area contributed by atoms with Crippen molar-refractivity contribution in [2.75, 3.05) is 19.8 Å². The van der Waals surface area contributed by atoms with Crippen molar-refractivity contribution in [3.05, 3.63) is 52.3 Å². The van der Waals surface area contributed by atoms with Gasteiger partial charge in [0.25, 0.3) is 5.91 Å². The summed E-state index contributed by atoms with van der Waals surface area (Å²) in [6.07, 6.45) is 0.145. The average molecular weight is 437 g/mol. The number of hydrogen-bond donors (Lipinski definition) is 0. The molecule has 2 aromatic carbocycles. The minimum atomic E-state index is -0.432. The van der Waals surface area contributed by atoms with Crippen LogP contribution in [0, 0.1) is 11.3 Å². The molecule has 0 atom stereocenters. The second-order valence-corrected chi connectivity index (χ2v) is 7.67. The number of thiazole rings is 1. The largest absolute Gasteiger partial charge is 0.486 e. The zero-order chi connectivity index (χ0) is 21.8. The van der Waals surface area contributed by atoms with Gasteiger partial charge in [-0.25, -0.2) is 0 Å². The molecule has 4 rings (SSSR count). The second-order valence-electron chi connectivity index (χ2n) is 6.66. The van der Waals surface area contributed by atoms with Crippen LogP contribution in [0.3, 0.4) is 0 Å². The van der Waals surface area contributed by atoms with Crippen LogP contribution in [0.1, 0.15) is 29.3 Å². The van der Waals surface area contributed by atoms with E-state index in [0.29, 0.717) is 53.8 Å². The van der Waals surface area contributed by atoms with Crippen molar-refractivity contribution in [3.8, 4) is 17.6 Å². The lowest BCUT2D eigenvalue weighted by molar-refractivity contribution is -0.143. The van der Waals surface area contributed by atoms with Gasteiger partial charge in [-0.1, -0.05) is 11.3 Å². The number of amides is 1. The molecule has 8 nitrogen and oxygen atoms in total. The fourth-order valence-electron chi connectivity index (χ4n) is 3.18. The molecule has 0 unspecified atom stereocenters. The van der Waals surface area contributed by atoms with Gasteiger partial charge in [0.05, 0.1) is 34.9 Å². The first kappa shape index (κ1) is 20.6. The summed E-state index contributed by atoms with van der Waals surface area (Å²) < 4.78 is 19.1. The molecule has 0 saturated carbocycles. The summed E-state index contributed by atoms with van der Waals surface area (Å²) in [6, 6.07) is 12.0. The van der Waals surface area contributed by atoms with Gasteiger partial charge in [-0.05, 0) is 31.2 Å². The van der Waals surface area contributed by atoms with Gasteiger partial charge in [-0.15, -0.1) is 0 Å². The van der Waals surface area contributed by atoms with E-state index in [1.54, 1.807) is 31.2 Å². The van der Waals surface area contributed by atoms with E-state index in [1.807, 2.05) is 22.8 Å². The standard InChI is InChI=1S/C22H19N3O5S/c1-2-28-20(26)7-8-25-16-11-17-18(30-10-9-29-17)12-19(16)31-22(25)24-21(27)15-5-3-14(13-23)4-6-15/h3-6,11-12H,2,7-10H2,1H3. The van der Waals surface area contributed by atoms with Crippen LogP contribution in [0.4, 0.5) is 0 Å². The fourth-order valence-corrected chi connectivity index (χ4v) is 4.25. The van der Waals surface area contributed by atoms with Crippen LogP contribution < -0.4 is 14.3 Å². The number of ether oxygens (including phenoxy) is 3. The number of aryl methyl sites for hydroxylation is 1. The number of carbonyl (C=O) groups excluding carboxylic acids is 2. The summed E-state index contributed by atoms with van der Waals surface area (Å²) in [6.45, 7) is 3.30. The molecule has 1 aliphatic heterocycles. The van der Waals surface area contributed by atoms with Crippen molar-refractivity contribution in [2.45, 2.75) is 19.9 Å². The quantitative estimate of drug-likeness (QED) is 0.569. The van der Waals surface area contributed by atoms with Crippen LogP contribution in [0.2, 0.25) is 0 Å². The number of esters is 1. The third kappa shape index (κ3) is 4.44. The van der Waals surface area contributed by atoms with Gasteiger partial charge in [0, 0.05) is 24.2 Å². The molecule has 0 bridgehead atoms. The van der Waals surface area contributed by atoms with Gasteiger partial charge in [-0.2, -0.15) is 10.3 Å². The van der Waals surface area contributed by atoms with Gasteiger partial charge in [0.15, 0.2) is 16.3 Å². The Kier molecular flexibility index (Phi) is 6.00.